The van der Waals surface area contributed by atoms with E-state index in [1.165, 1.54) is 6.07 Å². The van der Waals surface area contributed by atoms with Gasteiger partial charge in [0.05, 0.1) is 12.1 Å². The molecule has 2 amide bonds. The van der Waals surface area contributed by atoms with Gasteiger partial charge in [-0.1, -0.05) is 19.9 Å². The Kier molecular flexibility index (Phi) is 6.55. The molecule has 0 saturated carbocycles. The van der Waals surface area contributed by atoms with Gasteiger partial charge in [-0.05, 0) is 37.0 Å². The third-order valence-electron chi connectivity index (χ3n) is 3.03. The fourth-order valence-electron chi connectivity index (χ4n) is 1.95. The van der Waals surface area contributed by atoms with Crippen molar-refractivity contribution in [2.45, 2.75) is 39.3 Å². The van der Waals surface area contributed by atoms with Gasteiger partial charge in [0.1, 0.15) is 0 Å². The van der Waals surface area contributed by atoms with Crippen molar-refractivity contribution in [3.63, 3.8) is 0 Å². The Morgan fingerprint density at radius 1 is 1.24 bits per heavy atom. The molecule has 3 N–H and O–H groups in total. The molecule has 0 heterocycles. The lowest BCUT2D eigenvalue weighted by Crippen LogP contribution is -2.41. The van der Waals surface area contributed by atoms with Gasteiger partial charge in [0, 0.05) is 6.54 Å². The molecule has 4 nitrogen and oxygen atoms in total. The second-order valence-corrected chi connectivity index (χ2v) is 5.53. The van der Waals surface area contributed by atoms with Crippen molar-refractivity contribution in [2.24, 2.45) is 5.92 Å². The van der Waals surface area contributed by atoms with Crippen molar-refractivity contribution in [3.05, 3.63) is 35.4 Å². The summed E-state index contributed by atoms with van der Waals surface area (Å²) in [6.07, 6.45) is -0.00624. The van der Waals surface area contributed by atoms with Crippen molar-refractivity contribution < 1.29 is 18.7 Å². The molecular formula is C15H22F2N2O2. The lowest BCUT2D eigenvalue weighted by molar-refractivity contribution is 0.146. The summed E-state index contributed by atoms with van der Waals surface area (Å²) in [5, 5.41) is 14.8. The Hall–Kier alpha value is -1.69. The van der Waals surface area contributed by atoms with Gasteiger partial charge in [-0.2, -0.15) is 0 Å². The molecule has 2 unspecified atom stereocenters. The van der Waals surface area contributed by atoms with E-state index in [-0.39, 0.29) is 6.54 Å². The van der Waals surface area contributed by atoms with Crippen LogP contribution in [0.2, 0.25) is 0 Å². The highest BCUT2D eigenvalue weighted by Crippen LogP contribution is 2.15. The maximum atomic E-state index is 13.1. The second-order valence-electron chi connectivity index (χ2n) is 5.53. The first-order chi connectivity index (χ1) is 9.79. The molecule has 0 aliphatic heterocycles. The minimum Gasteiger partial charge on any atom is -0.391 e. The number of rotatable bonds is 6. The monoisotopic (exact) mass is 300 g/mol. The normalized spacial score (nSPS) is 13.9. The number of hydrogen-bond donors (Lipinski definition) is 3. The molecule has 118 valence electrons. The number of aliphatic hydroxyl groups excluding tert-OH is 1. The van der Waals surface area contributed by atoms with Gasteiger partial charge in [-0.25, -0.2) is 13.6 Å². The molecule has 0 fully saturated rings. The van der Waals surface area contributed by atoms with Crippen LogP contribution in [0.5, 0.6) is 0 Å². The third-order valence-corrected chi connectivity index (χ3v) is 3.03. The number of aliphatic hydroxyl groups is 1. The smallest absolute Gasteiger partial charge is 0.315 e. The molecule has 2 atom stereocenters. The Morgan fingerprint density at radius 3 is 2.48 bits per heavy atom. The number of halogens is 2. The lowest BCUT2D eigenvalue weighted by Gasteiger charge is -2.17. The number of benzene rings is 1. The van der Waals surface area contributed by atoms with Crippen molar-refractivity contribution >= 4 is 6.03 Å². The van der Waals surface area contributed by atoms with Crippen molar-refractivity contribution in [1.82, 2.24) is 10.6 Å². The summed E-state index contributed by atoms with van der Waals surface area (Å²) >= 11 is 0. The summed E-state index contributed by atoms with van der Waals surface area (Å²) in [6, 6.07) is 2.55. The SMILES string of the molecule is CC(C)CC(O)CNC(=O)NC(C)c1ccc(F)c(F)c1. The Balaban J connectivity index is 2.45. The van der Waals surface area contributed by atoms with E-state index in [4.69, 9.17) is 0 Å². The number of urea groups is 1. The predicted octanol–water partition coefficient (Wildman–Crippen LogP) is 2.73. The Labute approximate surface area is 123 Å². The molecule has 0 radical (unpaired) electrons. The van der Waals surface area contributed by atoms with Gasteiger partial charge < -0.3 is 15.7 Å². The highest BCUT2D eigenvalue weighted by molar-refractivity contribution is 5.74. The van der Waals surface area contributed by atoms with Crippen LogP contribution in [0.25, 0.3) is 0 Å². The molecule has 0 aliphatic rings. The van der Waals surface area contributed by atoms with Gasteiger partial charge in [-0.3, -0.25) is 0 Å². The van der Waals surface area contributed by atoms with E-state index >= 15 is 0 Å². The summed E-state index contributed by atoms with van der Waals surface area (Å²) in [5.41, 5.74) is 0.465. The topological polar surface area (TPSA) is 61.4 Å². The molecule has 0 bridgehead atoms. The van der Waals surface area contributed by atoms with E-state index in [1.54, 1.807) is 6.92 Å². The number of carbonyl (C=O) groups is 1. The van der Waals surface area contributed by atoms with Gasteiger partial charge in [0.15, 0.2) is 11.6 Å². The average Bonchev–Trinajstić information content (AvgIpc) is 2.38. The number of carbonyl (C=O) groups excluding carboxylic acids is 1. The third kappa shape index (κ3) is 6.08. The summed E-state index contributed by atoms with van der Waals surface area (Å²) in [5.74, 6) is -1.54. The van der Waals surface area contributed by atoms with E-state index in [0.717, 1.165) is 12.1 Å². The molecule has 0 aromatic heterocycles. The summed E-state index contributed by atoms with van der Waals surface area (Å²) in [6.45, 7) is 5.77. The molecule has 21 heavy (non-hydrogen) atoms. The van der Waals surface area contributed by atoms with E-state index < -0.39 is 29.8 Å². The van der Waals surface area contributed by atoms with Crippen LogP contribution in [0.1, 0.15) is 38.8 Å². The zero-order valence-corrected chi connectivity index (χ0v) is 12.5. The van der Waals surface area contributed by atoms with Crippen molar-refractivity contribution in [1.29, 1.82) is 0 Å². The lowest BCUT2D eigenvalue weighted by atomic mass is 10.1. The van der Waals surface area contributed by atoms with E-state index in [1.807, 2.05) is 13.8 Å². The van der Waals surface area contributed by atoms with E-state index in [0.29, 0.717) is 17.9 Å². The summed E-state index contributed by atoms with van der Waals surface area (Å²) in [7, 11) is 0. The molecule has 1 aromatic carbocycles. The van der Waals surface area contributed by atoms with Gasteiger partial charge >= 0.3 is 6.03 Å². The number of hydrogen-bond acceptors (Lipinski definition) is 2. The molecule has 0 saturated heterocycles. The number of nitrogens with one attached hydrogen (secondary N) is 2. The van der Waals surface area contributed by atoms with Crippen LogP contribution >= 0.6 is 0 Å². The molecule has 0 spiro atoms. The molecule has 6 heteroatoms. The maximum absolute atomic E-state index is 13.1. The first-order valence-corrected chi connectivity index (χ1v) is 6.97. The quantitative estimate of drug-likeness (QED) is 0.756. The van der Waals surface area contributed by atoms with Crippen LogP contribution in [-0.4, -0.2) is 23.8 Å². The predicted molar refractivity (Wildman–Crippen MR) is 76.8 cm³/mol. The largest absolute Gasteiger partial charge is 0.391 e. The van der Waals surface area contributed by atoms with Crippen LogP contribution in [-0.2, 0) is 0 Å². The van der Waals surface area contributed by atoms with Crippen LogP contribution in [0.3, 0.4) is 0 Å². The average molecular weight is 300 g/mol. The summed E-state index contributed by atoms with van der Waals surface area (Å²) < 4.78 is 26.0. The summed E-state index contributed by atoms with van der Waals surface area (Å²) in [4.78, 5) is 11.7. The first-order valence-electron chi connectivity index (χ1n) is 6.97. The first kappa shape index (κ1) is 17.4. The van der Waals surface area contributed by atoms with Crippen molar-refractivity contribution in [2.75, 3.05) is 6.54 Å². The van der Waals surface area contributed by atoms with Crippen molar-refractivity contribution in [3.8, 4) is 0 Å². The van der Waals surface area contributed by atoms with E-state index in [2.05, 4.69) is 10.6 Å². The zero-order chi connectivity index (χ0) is 16.0. The highest BCUT2D eigenvalue weighted by atomic mass is 19.2. The maximum Gasteiger partial charge on any atom is 0.315 e. The van der Waals surface area contributed by atoms with Crippen LogP contribution in [0.15, 0.2) is 18.2 Å². The Morgan fingerprint density at radius 2 is 1.90 bits per heavy atom. The molecular weight excluding hydrogens is 278 g/mol. The standard InChI is InChI=1S/C15H22F2N2O2/c1-9(2)6-12(20)8-18-15(21)19-10(3)11-4-5-13(16)14(17)7-11/h4-5,7,9-10,12,20H,6,8H2,1-3H3,(H2,18,19,21). The van der Waals surface area contributed by atoms with E-state index in [9.17, 15) is 18.7 Å². The zero-order valence-electron chi connectivity index (χ0n) is 12.5. The minimum absolute atomic E-state index is 0.147. The minimum atomic E-state index is -0.950. The fraction of sp³-hybridized carbons (Fsp3) is 0.533. The Bertz CT molecular complexity index is 481. The number of amides is 2. The van der Waals surface area contributed by atoms with Gasteiger partial charge in [0.25, 0.3) is 0 Å². The molecule has 1 aromatic rings. The molecule has 0 aliphatic carbocycles. The van der Waals surface area contributed by atoms with Crippen LogP contribution < -0.4 is 10.6 Å². The molecule has 1 rings (SSSR count). The second kappa shape index (κ2) is 7.93. The van der Waals surface area contributed by atoms with Gasteiger partial charge in [-0.15, -0.1) is 0 Å². The van der Waals surface area contributed by atoms with Gasteiger partial charge in [0.2, 0.25) is 0 Å². The van der Waals surface area contributed by atoms with Crippen LogP contribution in [0.4, 0.5) is 13.6 Å². The highest BCUT2D eigenvalue weighted by Gasteiger charge is 2.13. The van der Waals surface area contributed by atoms with Crippen LogP contribution in [0, 0.1) is 17.6 Å². The fourth-order valence-corrected chi connectivity index (χ4v) is 1.95.